The molecule has 3 unspecified atom stereocenters. The van der Waals surface area contributed by atoms with E-state index in [1.54, 1.807) is 133 Å². The Morgan fingerprint density at radius 2 is 0.859 bits per heavy atom. The van der Waals surface area contributed by atoms with Crippen molar-refractivity contribution in [3.05, 3.63) is 274 Å². The average molecular weight is 1030 g/mol. The highest BCUT2D eigenvalue weighted by Gasteiger charge is 2.24. The molecule has 71 heavy (non-hydrogen) atoms. The van der Waals surface area contributed by atoms with Gasteiger partial charge in [-0.2, -0.15) is 0 Å². The highest BCUT2D eigenvalue weighted by Crippen LogP contribution is 2.37. The summed E-state index contributed by atoms with van der Waals surface area (Å²) in [6.07, 6.45) is 0.272. The normalized spacial score (nSPS) is 13.1. The lowest BCUT2D eigenvalue weighted by Crippen LogP contribution is -2.08. The summed E-state index contributed by atoms with van der Waals surface area (Å²) < 4.78 is 86.0. The van der Waals surface area contributed by atoms with Gasteiger partial charge in [-0.3, -0.25) is 4.21 Å². The molecule has 8 aromatic rings. The van der Waals surface area contributed by atoms with Gasteiger partial charge in [0.1, 0.15) is 46.3 Å². The predicted octanol–water partition coefficient (Wildman–Crippen LogP) is 18.6. The smallest absolute Gasteiger partial charge is 0.139 e. The Morgan fingerprint density at radius 1 is 0.465 bits per heavy atom. The van der Waals surface area contributed by atoms with Crippen molar-refractivity contribution in [1.29, 1.82) is 0 Å². The molecule has 0 fully saturated rings. The predicted molar refractivity (Wildman–Crippen MR) is 284 cm³/mol. The van der Waals surface area contributed by atoms with Crippen molar-refractivity contribution >= 4 is 45.8 Å². The van der Waals surface area contributed by atoms with Gasteiger partial charge in [-0.1, -0.05) is 145 Å². The van der Waals surface area contributed by atoms with Gasteiger partial charge in [0.25, 0.3) is 0 Å². The molecule has 11 heteroatoms. The van der Waals surface area contributed by atoms with Crippen LogP contribution in [0.25, 0.3) is 0 Å². The number of halogens is 6. The fraction of sp³-hybridized carbons (Fsp3) is 0.133. The first-order valence-corrected chi connectivity index (χ1v) is 26.0. The Balaban J connectivity index is 0.000000209. The highest BCUT2D eigenvalue weighted by molar-refractivity contribution is 7.99. The first kappa shape index (κ1) is 52.5. The van der Waals surface area contributed by atoms with Crippen molar-refractivity contribution < 1.29 is 31.2 Å². The molecule has 0 N–H and O–H groups in total. The van der Waals surface area contributed by atoms with Crippen LogP contribution in [0.1, 0.15) is 46.9 Å². The fourth-order valence-electron chi connectivity index (χ4n) is 7.59. The molecule has 3 nitrogen and oxygen atoms in total. The third-order valence-corrected chi connectivity index (χ3v) is 14.1. The first-order chi connectivity index (χ1) is 34.6. The summed E-state index contributed by atoms with van der Waals surface area (Å²) in [7, 11) is -1.33. The highest BCUT2D eigenvalue weighted by atomic mass is 35.5. The van der Waals surface area contributed by atoms with Crippen LogP contribution in [0, 0.1) is 0 Å². The molecular formula is C60H50Cl2F4O3S2. The van der Waals surface area contributed by atoms with E-state index in [4.69, 9.17) is 32.7 Å². The molecule has 0 amide bonds. The molecule has 0 bridgehead atoms. The number of hydrogen-bond acceptors (Lipinski definition) is 4. The van der Waals surface area contributed by atoms with Crippen LogP contribution in [0.4, 0.5) is 17.6 Å². The molecule has 0 spiro atoms. The van der Waals surface area contributed by atoms with E-state index < -0.39 is 45.9 Å². The summed E-state index contributed by atoms with van der Waals surface area (Å²) in [6, 6.07) is 65.1. The van der Waals surface area contributed by atoms with Gasteiger partial charge in [-0.15, -0.1) is 11.8 Å². The fourth-order valence-corrected chi connectivity index (χ4v) is 9.93. The molecule has 8 rings (SSSR count). The van der Waals surface area contributed by atoms with E-state index in [1.165, 1.54) is 0 Å². The third kappa shape index (κ3) is 16.6. The van der Waals surface area contributed by atoms with E-state index in [0.29, 0.717) is 72.4 Å². The molecule has 0 saturated carbocycles. The number of para-hydroxylation sites is 2. The summed E-state index contributed by atoms with van der Waals surface area (Å²) in [5.41, 5.74) is 2.51. The van der Waals surface area contributed by atoms with E-state index in [0.717, 1.165) is 4.90 Å². The van der Waals surface area contributed by atoms with E-state index in [9.17, 15) is 4.21 Å². The monoisotopic (exact) mass is 1030 g/mol. The van der Waals surface area contributed by atoms with E-state index in [1.807, 2.05) is 97.1 Å². The zero-order valence-corrected chi connectivity index (χ0v) is 41.6. The van der Waals surface area contributed by atoms with E-state index >= 15 is 17.6 Å². The first-order valence-electron chi connectivity index (χ1n) is 22.9. The van der Waals surface area contributed by atoms with Crippen LogP contribution in [-0.2, 0) is 23.6 Å². The largest absolute Gasteiger partial charge is 0.457 e. The summed E-state index contributed by atoms with van der Waals surface area (Å²) >= 11 is 13.7. The number of thioether (sulfide) groups is 1. The number of ether oxygens (including phenoxy) is 2. The summed E-state index contributed by atoms with van der Waals surface area (Å²) in [5.74, 6) is -1.50. The maximum absolute atomic E-state index is 15.6. The zero-order chi connectivity index (χ0) is 49.8. The maximum Gasteiger partial charge on any atom is 0.139 e. The van der Waals surface area contributed by atoms with Crippen molar-refractivity contribution in [2.24, 2.45) is 0 Å². The number of hydrogen-bond donors (Lipinski definition) is 0. The van der Waals surface area contributed by atoms with E-state index in [2.05, 4.69) is 0 Å². The minimum Gasteiger partial charge on any atom is -0.457 e. The summed E-state index contributed by atoms with van der Waals surface area (Å²) in [5, 5.41) is 1.07. The van der Waals surface area contributed by atoms with Gasteiger partial charge < -0.3 is 9.47 Å². The molecule has 3 atom stereocenters. The van der Waals surface area contributed by atoms with Crippen molar-refractivity contribution in [2.75, 3.05) is 11.5 Å². The maximum atomic E-state index is 15.6. The molecule has 0 aliphatic rings. The Morgan fingerprint density at radius 3 is 1.31 bits per heavy atom. The van der Waals surface area contributed by atoms with Crippen LogP contribution in [0.15, 0.2) is 251 Å². The van der Waals surface area contributed by atoms with E-state index in [-0.39, 0.29) is 25.0 Å². The minimum atomic E-state index is -1.33. The summed E-state index contributed by atoms with van der Waals surface area (Å²) in [6.45, 7) is 0. The Bertz CT molecular complexity index is 2980. The second-order valence-electron chi connectivity index (χ2n) is 16.3. The number of rotatable bonds is 20. The van der Waals surface area contributed by atoms with Gasteiger partial charge in [0, 0.05) is 50.3 Å². The molecule has 0 saturated heterocycles. The number of benzene rings is 8. The molecule has 0 radical (unpaired) electrons. The average Bonchev–Trinajstić information content (AvgIpc) is 3.40. The molecule has 0 aromatic heterocycles. The molecule has 362 valence electrons. The van der Waals surface area contributed by atoms with Gasteiger partial charge in [0.05, 0.1) is 10.8 Å². The standard InChI is InChI=1S/C30H25ClF2O2S.C30H25ClF2OS/c31-24-16-14-23(15-17-24)28(18-19-36(34)27-12-5-2-6-13-27)30(33)29(32)21-22-8-7-11-26(20-22)35-25-9-3-1-4-10-25;31-24-16-14-23(15-17-24)28(18-19-35-27-12-5-2-6-13-27)30(33)29(32)21-22-8-7-11-26(20-22)34-25-9-3-1-4-10-25/h1-17,20,28H,18-19,21H2;1-17,20,28H,18-19,21H2/b2*30-29+. The van der Waals surface area contributed by atoms with Crippen LogP contribution in [0.3, 0.4) is 0 Å². The van der Waals surface area contributed by atoms with Crippen LogP contribution in [-0.4, -0.2) is 15.7 Å². The van der Waals surface area contributed by atoms with Crippen molar-refractivity contribution in [2.45, 2.75) is 47.3 Å². The molecule has 0 aliphatic carbocycles. The van der Waals surface area contributed by atoms with Crippen LogP contribution < -0.4 is 9.47 Å². The van der Waals surface area contributed by atoms with Gasteiger partial charge in [-0.25, -0.2) is 17.6 Å². The molecular weight excluding hydrogens is 980 g/mol. The second kappa shape index (κ2) is 27.3. The topological polar surface area (TPSA) is 35.5 Å². The third-order valence-electron chi connectivity index (χ3n) is 11.2. The van der Waals surface area contributed by atoms with Crippen LogP contribution in [0.5, 0.6) is 23.0 Å². The quantitative estimate of drug-likeness (QED) is 0.0563. The van der Waals surface area contributed by atoms with Crippen molar-refractivity contribution in [1.82, 2.24) is 0 Å². The lowest BCUT2D eigenvalue weighted by molar-refractivity contribution is 0.464. The Hall–Kier alpha value is -6.36. The second-order valence-corrected chi connectivity index (χ2v) is 19.9. The van der Waals surface area contributed by atoms with Gasteiger partial charge in [-0.05, 0) is 138 Å². The lowest BCUT2D eigenvalue weighted by atomic mass is 9.93. The van der Waals surface area contributed by atoms with Gasteiger partial charge in [0.15, 0.2) is 0 Å². The Labute approximate surface area is 430 Å². The Kier molecular flexibility index (Phi) is 20.2. The minimum absolute atomic E-state index is 0.145. The van der Waals surface area contributed by atoms with Gasteiger partial charge >= 0.3 is 0 Å². The molecule has 0 heterocycles. The van der Waals surface area contributed by atoms with Crippen molar-refractivity contribution in [3.63, 3.8) is 0 Å². The van der Waals surface area contributed by atoms with Gasteiger partial charge in [0.2, 0.25) is 0 Å². The van der Waals surface area contributed by atoms with Crippen LogP contribution >= 0.6 is 35.0 Å². The SMILES string of the molecule is F/C(Cc1cccc(Oc2ccccc2)c1)=C(/F)C(CCSc1ccccc1)c1ccc(Cl)cc1.O=S(CCC(/C(F)=C(\F)Cc1cccc(Oc2ccccc2)c1)c1ccc(Cl)cc1)c1ccccc1. The van der Waals surface area contributed by atoms with Crippen molar-refractivity contribution in [3.8, 4) is 23.0 Å². The number of allylic oxidation sites excluding steroid dienone is 4. The summed E-state index contributed by atoms with van der Waals surface area (Å²) in [4.78, 5) is 1.76. The lowest BCUT2D eigenvalue weighted by Gasteiger charge is -2.17. The molecule has 8 aromatic carbocycles. The van der Waals surface area contributed by atoms with Crippen LogP contribution in [0.2, 0.25) is 10.0 Å². The molecule has 0 aliphatic heterocycles. The zero-order valence-electron chi connectivity index (χ0n) is 38.5.